The van der Waals surface area contributed by atoms with Gasteiger partial charge < -0.3 is 0 Å². The van der Waals surface area contributed by atoms with Crippen molar-refractivity contribution in [2.45, 2.75) is 0 Å². The van der Waals surface area contributed by atoms with Crippen LogP contribution in [0.25, 0.3) is 0 Å². The number of benzene rings is 1. The van der Waals surface area contributed by atoms with E-state index in [0.29, 0.717) is 5.56 Å². The minimum Gasteiger partial charge on any atom is -0.207 e. The standard InChI is InChI=1S/C8H4ClF/c9-5-4-7-2-1-3-8(10)6-7/h1-3,6H. The molecule has 0 aliphatic carbocycles. The number of halogens is 2. The molecule has 0 radical (unpaired) electrons. The van der Waals surface area contributed by atoms with Crippen LogP contribution in [0.1, 0.15) is 5.56 Å². The second-order valence-electron chi connectivity index (χ2n) is 1.73. The van der Waals surface area contributed by atoms with E-state index in [0.717, 1.165) is 0 Å². The molecule has 1 aromatic carbocycles. The highest BCUT2D eigenvalue weighted by Crippen LogP contribution is 2.00. The Morgan fingerprint density at radius 3 is 2.80 bits per heavy atom. The van der Waals surface area contributed by atoms with Crippen molar-refractivity contribution in [1.29, 1.82) is 0 Å². The summed E-state index contributed by atoms with van der Waals surface area (Å²) in [6.07, 6.45) is 0. The van der Waals surface area contributed by atoms with E-state index in [2.05, 4.69) is 11.3 Å². The summed E-state index contributed by atoms with van der Waals surface area (Å²) >= 11 is 5.10. The Morgan fingerprint density at radius 1 is 1.40 bits per heavy atom. The average molecular weight is 155 g/mol. The molecule has 10 heavy (non-hydrogen) atoms. The second kappa shape index (κ2) is 3.24. The van der Waals surface area contributed by atoms with Crippen LogP contribution in [0.4, 0.5) is 4.39 Å². The average Bonchev–Trinajstić information content (AvgIpc) is 1.88. The van der Waals surface area contributed by atoms with Gasteiger partial charge in [-0.3, -0.25) is 0 Å². The first-order valence-corrected chi connectivity index (χ1v) is 3.08. The Morgan fingerprint density at radius 2 is 2.20 bits per heavy atom. The van der Waals surface area contributed by atoms with Gasteiger partial charge in [0.15, 0.2) is 0 Å². The predicted molar refractivity (Wildman–Crippen MR) is 39.1 cm³/mol. The van der Waals surface area contributed by atoms with E-state index >= 15 is 0 Å². The van der Waals surface area contributed by atoms with Crippen molar-refractivity contribution in [2.75, 3.05) is 0 Å². The van der Waals surface area contributed by atoms with Gasteiger partial charge in [-0.25, -0.2) is 4.39 Å². The fraction of sp³-hybridized carbons (Fsp3) is 0. The van der Waals surface area contributed by atoms with Crippen LogP contribution in [0.3, 0.4) is 0 Å². The lowest BCUT2D eigenvalue weighted by Crippen LogP contribution is -1.75. The smallest absolute Gasteiger partial charge is 0.124 e. The number of hydrogen-bond acceptors (Lipinski definition) is 0. The van der Waals surface area contributed by atoms with Crippen molar-refractivity contribution < 1.29 is 4.39 Å². The van der Waals surface area contributed by atoms with Crippen LogP contribution in [-0.2, 0) is 0 Å². The minimum atomic E-state index is -0.295. The molecule has 0 bridgehead atoms. The van der Waals surface area contributed by atoms with Crippen LogP contribution < -0.4 is 0 Å². The van der Waals surface area contributed by atoms with Crippen molar-refractivity contribution in [3.8, 4) is 11.3 Å². The molecule has 1 rings (SSSR count). The number of hydrogen-bond donors (Lipinski definition) is 0. The Bertz CT molecular complexity index is 283. The lowest BCUT2D eigenvalue weighted by molar-refractivity contribution is 0.627. The minimum absolute atomic E-state index is 0.295. The normalized spacial score (nSPS) is 8.20. The molecule has 0 heterocycles. The fourth-order valence-electron chi connectivity index (χ4n) is 0.621. The third-order valence-electron chi connectivity index (χ3n) is 1.02. The van der Waals surface area contributed by atoms with Crippen LogP contribution in [0.2, 0.25) is 0 Å². The third kappa shape index (κ3) is 1.75. The Balaban J connectivity index is 3.03. The van der Waals surface area contributed by atoms with Gasteiger partial charge in [-0.2, -0.15) is 0 Å². The summed E-state index contributed by atoms with van der Waals surface area (Å²) in [5, 5.41) is 2.17. The van der Waals surface area contributed by atoms with E-state index < -0.39 is 0 Å². The molecule has 0 aliphatic rings. The largest absolute Gasteiger partial charge is 0.207 e. The molecule has 0 aromatic heterocycles. The molecular formula is C8H4ClF. The van der Waals surface area contributed by atoms with Gasteiger partial charge in [-0.05, 0) is 35.7 Å². The highest BCUT2D eigenvalue weighted by atomic mass is 35.5. The van der Waals surface area contributed by atoms with Crippen molar-refractivity contribution in [1.82, 2.24) is 0 Å². The van der Waals surface area contributed by atoms with Crippen molar-refractivity contribution in [3.63, 3.8) is 0 Å². The molecule has 0 N–H and O–H groups in total. The van der Waals surface area contributed by atoms with Crippen LogP contribution >= 0.6 is 11.6 Å². The van der Waals surface area contributed by atoms with Crippen molar-refractivity contribution >= 4 is 11.6 Å². The molecular weight excluding hydrogens is 151 g/mol. The van der Waals surface area contributed by atoms with Crippen LogP contribution in [0.5, 0.6) is 0 Å². The van der Waals surface area contributed by atoms with Gasteiger partial charge in [0.1, 0.15) is 5.82 Å². The molecule has 0 nitrogen and oxygen atoms in total. The summed E-state index contributed by atoms with van der Waals surface area (Å²) in [6, 6.07) is 5.97. The van der Waals surface area contributed by atoms with E-state index in [4.69, 9.17) is 11.6 Å². The molecule has 2 heteroatoms. The quantitative estimate of drug-likeness (QED) is 0.504. The zero-order chi connectivity index (χ0) is 7.40. The third-order valence-corrected chi connectivity index (χ3v) is 1.11. The lowest BCUT2D eigenvalue weighted by Gasteiger charge is -1.87. The van der Waals surface area contributed by atoms with E-state index in [-0.39, 0.29) is 5.82 Å². The van der Waals surface area contributed by atoms with Gasteiger partial charge >= 0.3 is 0 Å². The molecule has 0 fully saturated rings. The van der Waals surface area contributed by atoms with Gasteiger partial charge in [-0.15, -0.1) is 0 Å². The maximum Gasteiger partial charge on any atom is 0.124 e. The lowest BCUT2D eigenvalue weighted by atomic mass is 10.2. The SMILES string of the molecule is Fc1cccc(C#CCl)c1. The van der Waals surface area contributed by atoms with Gasteiger partial charge in [-0.1, -0.05) is 6.07 Å². The first kappa shape index (κ1) is 7.11. The summed E-state index contributed by atoms with van der Waals surface area (Å²) in [7, 11) is 0. The monoisotopic (exact) mass is 154 g/mol. The van der Waals surface area contributed by atoms with Crippen LogP contribution in [-0.4, -0.2) is 0 Å². The molecule has 0 aliphatic heterocycles. The summed E-state index contributed by atoms with van der Waals surface area (Å²) in [4.78, 5) is 0. The van der Waals surface area contributed by atoms with E-state index in [9.17, 15) is 4.39 Å². The maximum atomic E-state index is 12.4. The van der Waals surface area contributed by atoms with E-state index in [1.165, 1.54) is 12.1 Å². The first-order valence-electron chi connectivity index (χ1n) is 2.70. The van der Waals surface area contributed by atoms with Crippen LogP contribution in [0.15, 0.2) is 24.3 Å². The summed E-state index contributed by atoms with van der Waals surface area (Å²) in [5.41, 5.74) is 0.593. The van der Waals surface area contributed by atoms with Crippen molar-refractivity contribution in [2.24, 2.45) is 0 Å². The molecule has 0 saturated heterocycles. The highest BCUT2D eigenvalue weighted by molar-refractivity contribution is 6.30. The van der Waals surface area contributed by atoms with Gasteiger partial charge in [0.05, 0.1) is 0 Å². The van der Waals surface area contributed by atoms with Gasteiger partial charge in [0, 0.05) is 10.9 Å². The molecule has 1 aromatic rings. The van der Waals surface area contributed by atoms with Gasteiger partial charge in [0.25, 0.3) is 0 Å². The van der Waals surface area contributed by atoms with Crippen LogP contribution in [0, 0.1) is 17.1 Å². The summed E-state index contributed by atoms with van der Waals surface area (Å²) in [5.74, 6) is 2.23. The molecule has 0 atom stereocenters. The van der Waals surface area contributed by atoms with Gasteiger partial charge in [0.2, 0.25) is 0 Å². The first-order chi connectivity index (χ1) is 4.83. The fourth-order valence-corrected chi connectivity index (χ4v) is 0.730. The molecule has 0 amide bonds. The Kier molecular flexibility index (Phi) is 2.30. The second-order valence-corrected chi connectivity index (χ2v) is 1.92. The molecule has 0 unspecified atom stereocenters. The maximum absolute atomic E-state index is 12.4. The Labute approximate surface area is 63.6 Å². The molecule has 0 saturated carbocycles. The molecule has 50 valence electrons. The van der Waals surface area contributed by atoms with Crippen molar-refractivity contribution in [3.05, 3.63) is 35.6 Å². The van der Waals surface area contributed by atoms with E-state index in [1.807, 2.05) is 0 Å². The topological polar surface area (TPSA) is 0 Å². The predicted octanol–water partition coefficient (Wildman–Crippen LogP) is 2.37. The summed E-state index contributed by atoms with van der Waals surface area (Å²) < 4.78 is 12.4. The highest BCUT2D eigenvalue weighted by Gasteiger charge is 1.88. The summed E-state index contributed by atoms with van der Waals surface area (Å²) in [6.45, 7) is 0. The zero-order valence-electron chi connectivity index (χ0n) is 5.07. The molecule has 0 spiro atoms. The zero-order valence-corrected chi connectivity index (χ0v) is 5.82. The van der Waals surface area contributed by atoms with E-state index in [1.54, 1.807) is 12.1 Å². The Hall–Kier alpha value is -1.00. The number of rotatable bonds is 0.